The molecular weight excluding hydrogens is 471 g/mol. The fourth-order valence-electron chi connectivity index (χ4n) is 3.44. The molecule has 2 unspecified atom stereocenters. The highest BCUT2D eigenvalue weighted by Gasteiger charge is 2.24. The zero-order valence-electron chi connectivity index (χ0n) is 21.6. The molecular formula is C25H46N2O7P+. The van der Waals surface area contributed by atoms with Gasteiger partial charge in [0, 0.05) is 25.8 Å². The van der Waals surface area contributed by atoms with Crippen molar-refractivity contribution in [3.8, 4) is 0 Å². The molecule has 0 saturated carbocycles. The van der Waals surface area contributed by atoms with E-state index in [2.05, 4.69) is 12.2 Å². The van der Waals surface area contributed by atoms with E-state index < -0.39 is 20.0 Å². The van der Waals surface area contributed by atoms with Gasteiger partial charge in [-0.3, -0.25) is 9.05 Å². The van der Waals surface area contributed by atoms with Gasteiger partial charge in [0.25, 0.3) is 0 Å². The van der Waals surface area contributed by atoms with Crippen molar-refractivity contribution in [3.05, 3.63) is 30.6 Å². The SMILES string of the molecule is CCCCCCCCCCCCCNC(=O)OCC(COP(=O)(O)OCC[n+]1ccccc1)OC. The number of hydrogen-bond donors (Lipinski definition) is 2. The summed E-state index contributed by atoms with van der Waals surface area (Å²) >= 11 is 0. The third-order valence-corrected chi connectivity index (χ3v) is 6.57. The van der Waals surface area contributed by atoms with Crippen LogP contribution in [0.4, 0.5) is 4.79 Å². The molecule has 1 rings (SSSR count). The second-order valence-corrected chi connectivity index (χ2v) is 10.1. The molecule has 35 heavy (non-hydrogen) atoms. The Morgan fingerprint density at radius 2 is 1.51 bits per heavy atom. The van der Waals surface area contributed by atoms with Gasteiger partial charge in [-0.15, -0.1) is 0 Å². The van der Waals surface area contributed by atoms with Gasteiger partial charge in [0.05, 0.1) is 6.61 Å². The predicted octanol–water partition coefficient (Wildman–Crippen LogP) is 5.16. The molecule has 0 spiro atoms. The number of phosphoric ester groups is 1. The van der Waals surface area contributed by atoms with Gasteiger partial charge in [0.2, 0.25) is 0 Å². The number of unbranched alkanes of at least 4 members (excludes halogenated alkanes) is 10. The second kappa shape index (κ2) is 20.7. The van der Waals surface area contributed by atoms with Crippen molar-refractivity contribution >= 4 is 13.9 Å². The van der Waals surface area contributed by atoms with Crippen LogP contribution in [0.25, 0.3) is 0 Å². The largest absolute Gasteiger partial charge is 0.472 e. The number of nitrogens with one attached hydrogen (secondary N) is 1. The number of carbonyl (C=O) groups excluding carboxylic acids is 1. The molecule has 10 heteroatoms. The van der Waals surface area contributed by atoms with Gasteiger partial charge in [0.15, 0.2) is 18.9 Å². The number of ether oxygens (including phenoxy) is 2. The van der Waals surface area contributed by atoms with E-state index in [1.54, 1.807) is 0 Å². The summed E-state index contributed by atoms with van der Waals surface area (Å²) in [5, 5.41) is 2.72. The Hall–Kier alpha value is -1.51. The lowest BCUT2D eigenvalue weighted by Gasteiger charge is -2.18. The van der Waals surface area contributed by atoms with Crippen molar-refractivity contribution < 1.29 is 37.3 Å². The molecule has 0 fully saturated rings. The first-order valence-electron chi connectivity index (χ1n) is 13.0. The summed E-state index contributed by atoms with van der Waals surface area (Å²) in [6.07, 6.45) is 16.2. The van der Waals surface area contributed by atoms with Gasteiger partial charge in [0.1, 0.15) is 19.3 Å². The van der Waals surface area contributed by atoms with Gasteiger partial charge in [-0.05, 0) is 6.42 Å². The average Bonchev–Trinajstić information content (AvgIpc) is 2.85. The number of alkyl carbamates (subject to hydrolysis) is 1. The molecule has 1 aromatic rings. The summed E-state index contributed by atoms with van der Waals surface area (Å²) in [6, 6.07) is 5.59. The van der Waals surface area contributed by atoms with Crippen LogP contribution in [0.1, 0.15) is 77.6 Å². The number of hydrogen-bond acceptors (Lipinski definition) is 6. The Labute approximate surface area is 211 Å². The molecule has 0 aliphatic rings. The Morgan fingerprint density at radius 1 is 0.914 bits per heavy atom. The predicted molar refractivity (Wildman–Crippen MR) is 135 cm³/mol. The molecule has 0 aromatic carbocycles. The summed E-state index contributed by atoms with van der Waals surface area (Å²) < 4.78 is 34.1. The van der Waals surface area contributed by atoms with Gasteiger partial charge >= 0.3 is 13.9 Å². The number of pyridine rings is 1. The van der Waals surface area contributed by atoms with Crippen molar-refractivity contribution in [3.63, 3.8) is 0 Å². The Kier molecular flexibility index (Phi) is 18.6. The molecule has 0 saturated heterocycles. The normalized spacial score (nSPS) is 13.8. The molecule has 2 atom stereocenters. The van der Waals surface area contributed by atoms with E-state index in [0.29, 0.717) is 13.1 Å². The van der Waals surface area contributed by atoms with E-state index in [-0.39, 0.29) is 19.8 Å². The van der Waals surface area contributed by atoms with Crippen molar-refractivity contribution in [2.45, 2.75) is 90.2 Å². The molecule has 1 aromatic heterocycles. The lowest BCUT2D eigenvalue weighted by atomic mass is 10.1. The smallest absolute Gasteiger partial charge is 0.447 e. The van der Waals surface area contributed by atoms with Crippen molar-refractivity contribution in [1.82, 2.24) is 5.32 Å². The van der Waals surface area contributed by atoms with Gasteiger partial charge in [-0.1, -0.05) is 77.2 Å². The van der Waals surface area contributed by atoms with Crippen molar-refractivity contribution in [2.24, 2.45) is 0 Å². The molecule has 1 heterocycles. The highest BCUT2D eigenvalue weighted by Crippen LogP contribution is 2.43. The molecule has 1 amide bonds. The van der Waals surface area contributed by atoms with Crippen LogP contribution in [-0.2, 0) is 29.6 Å². The molecule has 2 N–H and O–H groups in total. The van der Waals surface area contributed by atoms with Gasteiger partial charge in [-0.2, -0.15) is 0 Å². The maximum absolute atomic E-state index is 12.0. The number of carbonyl (C=O) groups is 1. The van der Waals surface area contributed by atoms with Gasteiger partial charge in [-0.25, -0.2) is 13.9 Å². The van der Waals surface area contributed by atoms with Crippen LogP contribution in [0.5, 0.6) is 0 Å². The van der Waals surface area contributed by atoms with Crippen LogP contribution in [0.15, 0.2) is 30.6 Å². The zero-order valence-corrected chi connectivity index (χ0v) is 22.5. The Balaban J connectivity index is 2.03. The van der Waals surface area contributed by atoms with Crippen LogP contribution in [0, 0.1) is 0 Å². The summed E-state index contributed by atoms with van der Waals surface area (Å²) in [6.45, 7) is 2.88. The van der Waals surface area contributed by atoms with E-state index in [9.17, 15) is 14.3 Å². The minimum Gasteiger partial charge on any atom is -0.447 e. The van der Waals surface area contributed by atoms with Crippen LogP contribution in [0.2, 0.25) is 0 Å². The Bertz CT molecular complexity index is 694. The first kappa shape index (κ1) is 31.5. The van der Waals surface area contributed by atoms with E-state index in [1.807, 2.05) is 35.2 Å². The fourth-order valence-corrected chi connectivity index (χ4v) is 4.18. The van der Waals surface area contributed by atoms with E-state index >= 15 is 0 Å². The summed E-state index contributed by atoms with van der Waals surface area (Å²) in [4.78, 5) is 21.7. The van der Waals surface area contributed by atoms with Crippen LogP contribution in [0.3, 0.4) is 0 Å². The van der Waals surface area contributed by atoms with E-state index in [0.717, 1.165) is 12.8 Å². The molecule has 0 radical (unpaired) electrons. The minimum atomic E-state index is -4.24. The quantitative estimate of drug-likeness (QED) is 0.124. The fraction of sp³-hybridized carbons (Fsp3) is 0.760. The molecule has 0 bridgehead atoms. The third kappa shape index (κ3) is 18.4. The summed E-state index contributed by atoms with van der Waals surface area (Å²) in [7, 11) is -2.82. The number of rotatable bonds is 22. The molecule has 202 valence electrons. The number of aromatic nitrogens is 1. The number of phosphoric acid groups is 1. The molecule has 0 aliphatic heterocycles. The summed E-state index contributed by atoms with van der Waals surface area (Å²) in [5.74, 6) is 0. The second-order valence-electron chi connectivity index (χ2n) is 8.63. The maximum Gasteiger partial charge on any atom is 0.472 e. The van der Waals surface area contributed by atoms with Gasteiger partial charge < -0.3 is 19.7 Å². The van der Waals surface area contributed by atoms with E-state index in [1.165, 1.54) is 64.9 Å². The lowest BCUT2D eigenvalue weighted by molar-refractivity contribution is -0.697. The van der Waals surface area contributed by atoms with Crippen LogP contribution in [-0.4, -0.2) is 50.6 Å². The monoisotopic (exact) mass is 517 g/mol. The Morgan fingerprint density at radius 3 is 2.11 bits per heavy atom. The van der Waals surface area contributed by atoms with Crippen molar-refractivity contribution in [2.75, 3.05) is 33.5 Å². The summed E-state index contributed by atoms with van der Waals surface area (Å²) in [5.41, 5.74) is 0. The maximum atomic E-state index is 12.0. The standard InChI is InChI=1S/C25H45N2O7P/c1-3-4-5-6-7-8-9-10-11-12-14-17-26-25(28)32-22-24(31-2)23-34-35(29,30)33-21-20-27-18-15-13-16-19-27/h13,15-16,18-19,24H,3-12,14,17,20-23H2,1-2H3,(H-,26,28,29,30)/p+1. The topological polar surface area (TPSA) is 107 Å². The zero-order chi connectivity index (χ0) is 25.6. The highest BCUT2D eigenvalue weighted by atomic mass is 31.2. The first-order chi connectivity index (χ1) is 17.0. The van der Waals surface area contributed by atoms with Crippen LogP contribution >= 0.6 is 7.82 Å². The third-order valence-electron chi connectivity index (χ3n) is 5.59. The minimum absolute atomic E-state index is 0.0120. The first-order valence-corrected chi connectivity index (χ1v) is 14.5. The highest BCUT2D eigenvalue weighted by molar-refractivity contribution is 7.47. The van der Waals surface area contributed by atoms with Crippen LogP contribution < -0.4 is 9.88 Å². The molecule has 0 aliphatic carbocycles. The van der Waals surface area contributed by atoms with E-state index in [4.69, 9.17) is 18.5 Å². The number of nitrogens with zero attached hydrogens (tertiary/aromatic N) is 1. The number of methoxy groups -OCH3 is 1. The van der Waals surface area contributed by atoms with Crippen molar-refractivity contribution in [1.29, 1.82) is 0 Å². The molecule has 9 nitrogen and oxygen atoms in total. The lowest BCUT2D eigenvalue weighted by Crippen LogP contribution is -2.34. The number of amides is 1. The average molecular weight is 518 g/mol.